The van der Waals surface area contributed by atoms with Gasteiger partial charge in [0.2, 0.25) is 5.91 Å². The highest BCUT2D eigenvalue weighted by atomic mass is 35.5. The molecule has 29 heavy (non-hydrogen) atoms. The van der Waals surface area contributed by atoms with Gasteiger partial charge in [-0.25, -0.2) is 0 Å². The standard InChI is InChI=1S/C21H26ClN3O4/c1-13-8-11-29-19(13)21(27)23-15-6-9-25(10-7-15)14(2)20(26)24-16-4-5-18(28-3)17(22)12-16/h4-5,8,11-12,14-15H,6-7,9-10H2,1-3H3,(H,23,27)(H,24,26). The molecule has 0 radical (unpaired) electrons. The molecular formula is C21H26ClN3O4. The van der Waals surface area contributed by atoms with Crippen LogP contribution in [0.3, 0.4) is 0 Å². The van der Waals surface area contributed by atoms with Crippen LogP contribution < -0.4 is 15.4 Å². The number of aryl methyl sites for hydroxylation is 1. The Bertz CT molecular complexity index is 875. The highest BCUT2D eigenvalue weighted by molar-refractivity contribution is 6.32. The second kappa shape index (κ2) is 9.33. The molecule has 1 aliphatic rings. The number of nitrogens with one attached hydrogen (secondary N) is 2. The molecule has 2 aromatic rings. The highest BCUT2D eigenvalue weighted by Crippen LogP contribution is 2.27. The molecule has 0 spiro atoms. The molecule has 2 amide bonds. The van der Waals surface area contributed by atoms with Crippen LogP contribution in [0.5, 0.6) is 5.75 Å². The third kappa shape index (κ3) is 5.10. The number of rotatable bonds is 6. The Balaban J connectivity index is 1.49. The average Bonchev–Trinajstić information content (AvgIpc) is 3.14. The second-order valence-electron chi connectivity index (χ2n) is 7.23. The fraction of sp³-hybridized carbons (Fsp3) is 0.429. The van der Waals surface area contributed by atoms with Gasteiger partial charge in [0.1, 0.15) is 5.75 Å². The Kier molecular flexibility index (Phi) is 6.82. The Labute approximate surface area is 175 Å². The Morgan fingerprint density at radius 2 is 2.00 bits per heavy atom. The minimum absolute atomic E-state index is 0.0684. The molecule has 0 aliphatic carbocycles. The first-order chi connectivity index (χ1) is 13.9. The predicted octanol–water partition coefficient (Wildman–Crippen LogP) is 3.47. The van der Waals surface area contributed by atoms with Crippen LogP contribution in [-0.2, 0) is 4.79 Å². The number of furan rings is 1. The van der Waals surface area contributed by atoms with Gasteiger partial charge in [0.25, 0.3) is 5.91 Å². The van der Waals surface area contributed by atoms with Crippen molar-refractivity contribution in [1.29, 1.82) is 0 Å². The van der Waals surface area contributed by atoms with E-state index in [0.717, 1.165) is 31.5 Å². The molecule has 1 unspecified atom stereocenters. The monoisotopic (exact) mass is 419 g/mol. The summed E-state index contributed by atoms with van der Waals surface area (Å²) in [4.78, 5) is 27.0. The van der Waals surface area contributed by atoms with Crippen LogP contribution in [0.4, 0.5) is 5.69 Å². The van der Waals surface area contributed by atoms with Crippen LogP contribution >= 0.6 is 11.6 Å². The maximum atomic E-state index is 12.6. The molecule has 0 bridgehead atoms. The average molecular weight is 420 g/mol. The molecule has 0 saturated carbocycles. The first kappa shape index (κ1) is 21.2. The third-order valence-electron chi connectivity index (χ3n) is 5.28. The number of methoxy groups -OCH3 is 1. The zero-order chi connectivity index (χ0) is 21.0. The number of halogens is 1. The van der Waals surface area contributed by atoms with Gasteiger partial charge in [-0.2, -0.15) is 0 Å². The molecule has 1 fully saturated rings. The summed E-state index contributed by atoms with van der Waals surface area (Å²) < 4.78 is 10.4. The zero-order valence-electron chi connectivity index (χ0n) is 16.8. The lowest BCUT2D eigenvalue weighted by Gasteiger charge is -2.35. The van der Waals surface area contributed by atoms with E-state index < -0.39 is 0 Å². The summed E-state index contributed by atoms with van der Waals surface area (Å²) in [6.45, 7) is 5.17. The third-order valence-corrected chi connectivity index (χ3v) is 5.57. The quantitative estimate of drug-likeness (QED) is 0.749. The van der Waals surface area contributed by atoms with Crippen molar-refractivity contribution in [2.24, 2.45) is 0 Å². The summed E-state index contributed by atoms with van der Waals surface area (Å²) in [6, 6.07) is 6.70. The molecule has 8 heteroatoms. The van der Waals surface area contributed by atoms with E-state index in [9.17, 15) is 9.59 Å². The summed E-state index contributed by atoms with van der Waals surface area (Å²) in [5.41, 5.74) is 1.45. The van der Waals surface area contributed by atoms with Crippen LogP contribution in [0, 0.1) is 6.92 Å². The molecule has 3 rings (SSSR count). The maximum Gasteiger partial charge on any atom is 0.287 e. The lowest BCUT2D eigenvalue weighted by atomic mass is 10.0. The fourth-order valence-corrected chi connectivity index (χ4v) is 3.70. The predicted molar refractivity (Wildman–Crippen MR) is 112 cm³/mol. The molecule has 7 nitrogen and oxygen atoms in total. The summed E-state index contributed by atoms with van der Waals surface area (Å²) in [6.07, 6.45) is 3.07. The normalized spacial score (nSPS) is 16.3. The molecule has 1 aromatic heterocycles. The lowest BCUT2D eigenvalue weighted by molar-refractivity contribution is -0.121. The van der Waals surface area contributed by atoms with Crippen LogP contribution in [0.1, 0.15) is 35.9 Å². The molecule has 1 aromatic carbocycles. The number of hydrogen-bond donors (Lipinski definition) is 2. The molecule has 1 saturated heterocycles. The van der Waals surface area contributed by atoms with E-state index in [1.54, 1.807) is 31.4 Å². The van der Waals surface area contributed by atoms with Crippen LogP contribution in [0.15, 0.2) is 34.9 Å². The van der Waals surface area contributed by atoms with E-state index in [-0.39, 0.29) is 23.9 Å². The Morgan fingerprint density at radius 3 is 2.59 bits per heavy atom. The van der Waals surface area contributed by atoms with Gasteiger partial charge in [-0.1, -0.05) is 11.6 Å². The number of carbonyl (C=O) groups is 2. The zero-order valence-corrected chi connectivity index (χ0v) is 17.6. The summed E-state index contributed by atoms with van der Waals surface area (Å²) in [5.74, 6) is 0.637. The number of amides is 2. The van der Waals surface area contributed by atoms with Crippen molar-refractivity contribution >= 4 is 29.1 Å². The lowest BCUT2D eigenvalue weighted by Crippen LogP contribution is -2.50. The second-order valence-corrected chi connectivity index (χ2v) is 7.64. The van der Waals surface area contributed by atoms with Crippen molar-refractivity contribution in [3.05, 3.63) is 46.9 Å². The summed E-state index contributed by atoms with van der Waals surface area (Å²) >= 11 is 6.12. The van der Waals surface area contributed by atoms with Crippen molar-refractivity contribution in [3.8, 4) is 5.75 Å². The number of hydrogen-bond acceptors (Lipinski definition) is 5. The van der Waals surface area contributed by atoms with E-state index in [1.807, 2.05) is 13.8 Å². The van der Waals surface area contributed by atoms with Crippen molar-refractivity contribution < 1.29 is 18.7 Å². The molecule has 1 aliphatic heterocycles. The van der Waals surface area contributed by atoms with Gasteiger partial charge in [-0.05, 0) is 51.0 Å². The van der Waals surface area contributed by atoms with Gasteiger partial charge in [0.15, 0.2) is 5.76 Å². The molecule has 2 heterocycles. The van der Waals surface area contributed by atoms with Gasteiger partial charge in [0.05, 0.1) is 24.4 Å². The molecule has 1 atom stereocenters. The van der Waals surface area contributed by atoms with E-state index >= 15 is 0 Å². The first-order valence-corrected chi connectivity index (χ1v) is 10.00. The summed E-state index contributed by atoms with van der Waals surface area (Å²) in [5, 5.41) is 6.36. The largest absolute Gasteiger partial charge is 0.495 e. The van der Waals surface area contributed by atoms with Crippen molar-refractivity contribution in [2.45, 2.75) is 38.8 Å². The smallest absolute Gasteiger partial charge is 0.287 e. The number of carbonyl (C=O) groups excluding carboxylic acids is 2. The number of nitrogens with zero attached hydrogens (tertiary/aromatic N) is 1. The van der Waals surface area contributed by atoms with E-state index in [1.165, 1.54) is 6.26 Å². The van der Waals surface area contributed by atoms with Gasteiger partial charge >= 0.3 is 0 Å². The van der Waals surface area contributed by atoms with Crippen molar-refractivity contribution in [1.82, 2.24) is 10.2 Å². The number of ether oxygens (including phenoxy) is 1. The first-order valence-electron chi connectivity index (χ1n) is 9.62. The fourth-order valence-electron chi connectivity index (χ4n) is 3.44. The number of piperidine rings is 1. The van der Waals surface area contributed by atoms with Gasteiger partial charge in [-0.3, -0.25) is 14.5 Å². The van der Waals surface area contributed by atoms with Crippen molar-refractivity contribution in [2.75, 3.05) is 25.5 Å². The van der Waals surface area contributed by atoms with E-state index in [0.29, 0.717) is 22.2 Å². The number of likely N-dealkylation sites (tertiary alicyclic amines) is 1. The minimum atomic E-state index is -0.292. The van der Waals surface area contributed by atoms with E-state index in [4.69, 9.17) is 20.8 Å². The number of benzene rings is 1. The number of anilines is 1. The highest BCUT2D eigenvalue weighted by Gasteiger charge is 2.28. The molecule has 2 N–H and O–H groups in total. The van der Waals surface area contributed by atoms with Crippen LogP contribution in [0.2, 0.25) is 5.02 Å². The SMILES string of the molecule is COc1ccc(NC(=O)C(C)N2CCC(NC(=O)c3occc3C)CC2)cc1Cl. The van der Waals surface area contributed by atoms with Crippen LogP contribution in [-0.4, -0.2) is 49.0 Å². The topological polar surface area (TPSA) is 83.8 Å². The van der Waals surface area contributed by atoms with Gasteiger partial charge < -0.3 is 19.8 Å². The molecule has 156 valence electrons. The van der Waals surface area contributed by atoms with Gasteiger partial charge in [0, 0.05) is 30.4 Å². The Hall–Kier alpha value is -2.51. The minimum Gasteiger partial charge on any atom is -0.495 e. The van der Waals surface area contributed by atoms with E-state index in [2.05, 4.69) is 15.5 Å². The molecular weight excluding hydrogens is 394 g/mol. The van der Waals surface area contributed by atoms with Crippen LogP contribution in [0.25, 0.3) is 0 Å². The maximum absolute atomic E-state index is 12.6. The Morgan fingerprint density at radius 1 is 1.28 bits per heavy atom. The summed E-state index contributed by atoms with van der Waals surface area (Å²) in [7, 11) is 1.55. The van der Waals surface area contributed by atoms with Gasteiger partial charge in [-0.15, -0.1) is 0 Å². The van der Waals surface area contributed by atoms with Crippen molar-refractivity contribution in [3.63, 3.8) is 0 Å².